The number of nitrogens with one attached hydrogen (secondary N) is 1. The van der Waals surface area contributed by atoms with E-state index in [4.69, 9.17) is 16.0 Å². The second-order valence-electron chi connectivity index (χ2n) is 7.13. The molecule has 0 atom stereocenters. The molecule has 156 valence electrons. The molecule has 1 saturated heterocycles. The third-order valence-electron chi connectivity index (χ3n) is 5.04. The molecule has 1 aliphatic heterocycles. The number of piperidine rings is 1. The Morgan fingerprint density at radius 2 is 1.59 bits per heavy atom. The Balaban J connectivity index is 0.000000211. The summed E-state index contributed by atoms with van der Waals surface area (Å²) in [5, 5.41) is 17.0. The highest BCUT2D eigenvalue weighted by Crippen LogP contribution is 2.22. The van der Waals surface area contributed by atoms with Crippen LogP contribution in [0.2, 0.25) is 0 Å². The van der Waals surface area contributed by atoms with Crippen LogP contribution in [0.15, 0.2) is 54.6 Å². The van der Waals surface area contributed by atoms with Crippen molar-refractivity contribution in [3.05, 3.63) is 54.6 Å². The molecular weight excluding hydrogens is 370 g/mol. The van der Waals surface area contributed by atoms with Crippen LogP contribution < -0.4 is 11.2 Å². The third-order valence-corrected chi connectivity index (χ3v) is 5.04. The van der Waals surface area contributed by atoms with Crippen LogP contribution in [0, 0.1) is 5.92 Å². The van der Waals surface area contributed by atoms with E-state index in [0.29, 0.717) is 25.4 Å². The normalized spacial score (nSPS) is 13.9. The average molecular weight is 399 g/mol. The minimum absolute atomic E-state index is 0.329. The first kappa shape index (κ1) is 22.2. The summed E-state index contributed by atoms with van der Waals surface area (Å²) < 4.78 is 0. The number of hydrogen-bond acceptors (Lipinski definition) is 4. The highest BCUT2D eigenvalue weighted by molar-refractivity contribution is 5.74. The second-order valence-corrected chi connectivity index (χ2v) is 7.13. The maximum absolute atomic E-state index is 10.7. The van der Waals surface area contributed by atoms with Gasteiger partial charge in [0, 0.05) is 25.2 Å². The van der Waals surface area contributed by atoms with Crippen LogP contribution in [0.3, 0.4) is 0 Å². The zero-order valence-electron chi connectivity index (χ0n) is 16.5. The van der Waals surface area contributed by atoms with Gasteiger partial charge in [0.25, 0.3) is 0 Å². The van der Waals surface area contributed by atoms with Crippen molar-refractivity contribution >= 4 is 17.7 Å². The molecule has 0 aliphatic carbocycles. The van der Waals surface area contributed by atoms with Crippen molar-refractivity contribution in [1.29, 1.82) is 0 Å². The number of nitrogens with two attached hydrogens (primary N) is 1. The number of nitrogen functional groups attached to an aromatic ring is 1. The van der Waals surface area contributed by atoms with E-state index in [2.05, 4.69) is 12.1 Å². The Morgan fingerprint density at radius 3 is 2.14 bits per heavy atom. The molecule has 7 nitrogen and oxygen atoms in total. The van der Waals surface area contributed by atoms with E-state index in [1.165, 1.54) is 16.0 Å². The number of hydrogen-bond donors (Lipinski definition) is 4. The van der Waals surface area contributed by atoms with E-state index in [1.807, 2.05) is 42.5 Å². The zero-order valence-corrected chi connectivity index (χ0v) is 16.5. The molecule has 2 aromatic rings. The quantitative estimate of drug-likeness (QED) is 0.345. The number of nitrogens with zero attached hydrogens (tertiary/aromatic N) is 1. The lowest BCUT2D eigenvalue weighted by Crippen LogP contribution is -2.37. The number of carbonyl (C=O) groups excluding carboxylic acids is 1. The van der Waals surface area contributed by atoms with Gasteiger partial charge in [-0.05, 0) is 54.9 Å². The molecule has 2 amide bonds. The van der Waals surface area contributed by atoms with Gasteiger partial charge in [0.05, 0.1) is 0 Å². The summed E-state index contributed by atoms with van der Waals surface area (Å²) in [7, 11) is 0. The first-order valence-corrected chi connectivity index (χ1v) is 9.81. The molecule has 0 unspecified atom stereocenters. The smallest absolute Gasteiger partial charge is 0.407 e. The first-order chi connectivity index (χ1) is 14.0. The minimum atomic E-state index is -0.849. The van der Waals surface area contributed by atoms with Crippen LogP contribution in [0.1, 0.15) is 32.1 Å². The van der Waals surface area contributed by atoms with Crippen molar-refractivity contribution in [3.8, 4) is 11.1 Å². The average Bonchev–Trinajstić information content (AvgIpc) is 2.75. The molecule has 1 fully saturated rings. The largest absolute Gasteiger partial charge is 0.465 e. The van der Waals surface area contributed by atoms with Crippen molar-refractivity contribution in [3.63, 3.8) is 0 Å². The molecule has 3 rings (SSSR count). The van der Waals surface area contributed by atoms with Gasteiger partial charge in [0.1, 0.15) is 0 Å². The molecular formula is C22H29N3O4. The Labute approximate surface area is 171 Å². The van der Waals surface area contributed by atoms with Crippen LogP contribution in [-0.2, 0) is 4.79 Å². The van der Waals surface area contributed by atoms with Crippen molar-refractivity contribution in [2.24, 2.45) is 5.92 Å². The topological polar surface area (TPSA) is 116 Å². The van der Waals surface area contributed by atoms with Gasteiger partial charge in [0.2, 0.25) is 5.91 Å². The fourth-order valence-corrected chi connectivity index (χ4v) is 3.33. The fraction of sp³-hybridized carbons (Fsp3) is 0.364. The van der Waals surface area contributed by atoms with Crippen molar-refractivity contribution in [2.75, 3.05) is 18.8 Å². The summed E-state index contributed by atoms with van der Waals surface area (Å²) in [6.45, 7) is 1.18. The number of carbonyl (C=O) groups is 2. The lowest BCUT2D eigenvalue weighted by Gasteiger charge is -2.29. The van der Waals surface area contributed by atoms with Gasteiger partial charge in [-0.2, -0.15) is 0 Å². The Kier molecular flexibility index (Phi) is 8.98. The number of amides is 2. The van der Waals surface area contributed by atoms with Crippen molar-refractivity contribution in [2.45, 2.75) is 32.1 Å². The predicted molar refractivity (Wildman–Crippen MR) is 112 cm³/mol. The van der Waals surface area contributed by atoms with Crippen molar-refractivity contribution in [1.82, 2.24) is 10.4 Å². The van der Waals surface area contributed by atoms with E-state index in [-0.39, 0.29) is 5.91 Å². The standard InChI is InChI=1S/C12H11N.C10H18N2O4/c13-12-8-6-11(7-9-12)10-4-2-1-3-5-10;13-9(11-16)3-1-2-8-4-6-12(7-5-8)10(14)15/h1-9H,13H2;8,16H,1-7H2,(H,11,13)(H,14,15). The molecule has 1 aliphatic rings. The molecule has 5 N–H and O–H groups in total. The number of hydroxylamine groups is 1. The van der Waals surface area contributed by atoms with Gasteiger partial charge < -0.3 is 15.7 Å². The number of rotatable bonds is 5. The molecule has 1 heterocycles. The molecule has 0 spiro atoms. The lowest BCUT2D eigenvalue weighted by atomic mass is 9.92. The number of benzene rings is 2. The number of likely N-dealkylation sites (tertiary alicyclic amines) is 1. The fourth-order valence-electron chi connectivity index (χ4n) is 3.33. The van der Waals surface area contributed by atoms with E-state index >= 15 is 0 Å². The highest BCUT2D eigenvalue weighted by Gasteiger charge is 2.21. The Morgan fingerprint density at radius 1 is 1.00 bits per heavy atom. The van der Waals surface area contributed by atoms with E-state index in [0.717, 1.165) is 31.4 Å². The predicted octanol–water partition coefficient (Wildman–Crippen LogP) is 3.99. The maximum atomic E-state index is 10.7. The molecule has 7 heteroatoms. The van der Waals surface area contributed by atoms with Gasteiger partial charge in [0.15, 0.2) is 0 Å². The summed E-state index contributed by atoms with van der Waals surface area (Å²) >= 11 is 0. The number of anilines is 1. The van der Waals surface area contributed by atoms with Gasteiger partial charge in [-0.15, -0.1) is 0 Å². The van der Waals surface area contributed by atoms with E-state index in [9.17, 15) is 9.59 Å². The monoisotopic (exact) mass is 399 g/mol. The second kappa shape index (κ2) is 11.7. The highest BCUT2D eigenvalue weighted by atomic mass is 16.5. The summed E-state index contributed by atoms with van der Waals surface area (Å²) in [4.78, 5) is 22.8. The molecule has 2 aromatic carbocycles. The van der Waals surface area contributed by atoms with Crippen LogP contribution in [0.25, 0.3) is 11.1 Å². The Bertz CT molecular complexity index is 757. The summed E-state index contributed by atoms with van der Waals surface area (Å²) in [6.07, 6.45) is 2.87. The lowest BCUT2D eigenvalue weighted by molar-refractivity contribution is -0.129. The molecule has 29 heavy (non-hydrogen) atoms. The van der Waals surface area contributed by atoms with Crippen LogP contribution in [0.5, 0.6) is 0 Å². The summed E-state index contributed by atoms with van der Waals surface area (Å²) in [5.74, 6) is 0.144. The van der Waals surface area contributed by atoms with Crippen LogP contribution in [-0.4, -0.2) is 40.3 Å². The van der Waals surface area contributed by atoms with Crippen LogP contribution >= 0.6 is 0 Å². The first-order valence-electron chi connectivity index (χ1n) is 9.81. The SMILES string of the molecule is Nc1ccc(-c2ccccc2)cc1.O=C(CCCC1CCN(C(=O)O)CC1)NO. The molecule has 0 radical (unpaired) electrons. The third kappa shape index (κ3) is 7.83. The van der Waals surface area contributed by atoms with Crippen molar-refractivity contribution < 1.29 is 19.9 Å². The molecule has 0 bridgehead atoms. The van der Waals surface area contributed by atoms with Gasteiger partial charge >= 0.3 is 6.09 Å². The number of carboxylic acid groups (broad SMARTS) is 1. The maximum Gasteiger partial charge on any atom is 0.407 e. The summed E-state index contributed by atoms with van der Waals surface area (Å²) in [5.41, 5.74) is 10.4. The van der Waals surface area contributed by atoms with E-state index in [1.54, 1.807) is 5.48 Å². The van der Waals surface area contributed by atoms with Gasteiger partial charge in [-0.3, -0.25) is 10.0 Å². The van der Waals surface area contributed by atoms with Gasteiger partial charge in [-0.1, -0.05) is 42.5 Å². The molecule has 0 saturated carbocycles. The minimum Gasteiger partial charge on any atom is -0.465 e. The molecule has 0 aromatic heterocycles. The van der Waals surface area contributed by atoms with Crippen LogP contribution in [0.4, 0.5) is 10.5 Å². The Hall–Kier alpha value is -3.06. The summed E-state index contributed by atoms with van der Waals surface area (Å²) in [6, 6.07) is 18.2. The van der Waals surface area contributed by atoms with E-state index < -0.39 is 6.09 Å². The van der Waals surface area contributed by atoms with Gasteiger partial charge in [-0.25, -0.2) is 10.3 Å². The zero-order chi connectivity index (χ0) is 21.1.